The van der Waals surface area contributed by atoms with Crippen molar-refractivity contribution in [1.29, 1.82) is 0 Å². The van der Waals surface area contributed by atoms with Crippen LogP contribution >= 0.6 is 11.6 Å². The number of carbonyl (C=O) groups is 1. The lowest BCUT2D eigenvalue weighted by Crippen LogP contribution is -2.12. The van der Waals surface area contributed by atoms with Gasteiger partial charge in [-0.05, 0) is 6.07 Å². The lowest BCUT2D eigenvalue weighted by Gasteiger charge is -2.12. The number of halogens is 1. The van der Waals surface area contributed by atoms with E-state index >= 15 is 0 Å². The van der Waals surface area contributed by atoms with Gasteiger partial charge in [-0.1, -0.05) is 11.6 Å². The molecular formula is C13H11ClN2O6. The Balaban J connectivity index is 2.28. The molecule has 116 valence electrons. The summed E-state index contributed by atoms with van der Waals surface area (Å²) in [6.45, 7) is 0. The van der Waals surface area contributed by atoms with Gasteiger partial charge in [0.15, 0.2) is 5.76 Å². The Morgan fingerprint density at radius 3 is 2.50 bits per heavy atom. The molecule has 0 aliphatic rings. The highest BCUT2D eigenvalue weighted by molar-refractivity contribution is 6.32. The molecule has 1 amide bonds. The van der Waals surface area contributed by atoms with Gasteiger partial charge in [-0.15, -0.1) is 0 Å². The van der Waals surface area contributed by atoms with Crippen LogP contribution in [0, 0.1) is 10.1 Å². The summed E-state index contributed by atoms with van der Waals surface area (Å²) in [7, 11) is 2.83. The zero-order valence-corrected chi connectivity index (χ0v) is 12.3. The van der Waals surface area contributed by atoms with E-state index in [-0.39, 0.29) is 11.4 Å². The first-order valence-electron chi connectivity index (χ1n) is 5.93. The smallest absolute Gasteiger partial charge is 0.433 e. The normalized spacial score (nSPS) is 10.1. The van der Waals surface area contributed by atoms with Crippen LogP contribution in [0.2, 0.25) is 5.02 Å². The van der Waals surface area contributed by atoms with Gasteiger partial charge >= 0.3 is 5.88 Å². The van der Waals surface area contributed by atoms with Gasteiger partial charge in [0.2, 0.25) is 0 Å². The second-order valence-corrected chi connectivity index (χ2v) is 4.44. The van der Waals surface area contributed by atoms with E-state index in [4.69, 9.17) is 25.5 Å². The first-order valence-corrected chi connectivity index (χ1v) is 6.31. The number of anilines is 1. The van der Waals surface area contributed by atoms with E-state index in [1.165, 1.54) is 32.4 Å². The molecule has 0 saturated heterocycles. The number of rotatable bonds is 5. The van der Waals surface area contributed by atoms with Crippen LogP contribution < -0.4 is 14.8 Å². The number of benzene rings is 1. The molecular weight excluding hydrogens is 316 g/mol. The van der Waals surface area contributed by atoms with Crippen molar-refractivity contribution >= 4 is 29.1 Å². The number of ether oxygens (including phenoxy) is 2. The van der Waals surface area contributed by atoms with Crippen molar-refractivity contribution in [3.8, 4) is 11.5 Å². The molecule has 2 rings (SSSR count). The van der Waals surface area contributed by atoms with Gasteiger partial charge in [0.1, 0.15) is 16.4 Å². The number of nitrogens with zero attached hydrogens (tertiary/aromatic N) is 1. The maximum atomic E-state index is 12.0. The fourth-order valence-corrected chi connectivity index (χ4v) is 1.92. The van der Waals surface area contributed by atoms with Crippen molar-refractivity contribution in [3.63, 3.8) is 0 Å². The number of amides is 1. The summed E-state index contributed by atoms with van der Waals surface area (Å²) in [5, 5.41) is 13.4. The molecule has 0 bridgehead atoms. The second kappa shape index (κ2) is 6.35. The predicted octanol–water partition coefficient (Wildman–Crippen LogP) is 3.11. The first-order chi connectivity index (χ1) is 10.5. The summed E-state index contributed by atoms with van der Waals surface area (Å²) in [5.74, 6) is -0.757. The fraction of sp³-hybridized carbons (Fsp3) is 0.154. The molecule has 0 radical (unpaired) electrons. The standard InChI is InChI=1S/C13H11ClN2O6/c1-20-10-6-8(11(21-2)5-7(10)14)15-13(17)9-3-4-12(22-9)16(18)19/h3-6H,1-2H3,(H,15,17). The lowest BCUT2D eigenvalue weighted by atomic mass is 10.2. The minimum Gasteiger partial charge on any atom is -0.495 e. The van der Waals surface area contributed by atoms with E-state index in [2.05, 4.69) is 5.32 Å². The molecule has 0 aliphatic heterocycles. The highest BCUT2D eigenvalue weighted by Gasteiger charge is 2.19. The van der Waals surface area contributed by atoms with Gasteiger partial charge in [0.25, 0.3) is 5.91 Å². The van der Waals surface area contributed by atoms with Crippen LogP contribution in [0.4, 0.5) is 11.6 Å². The summed E-state index contributed by atoms with van der Waals surface area (Å²) < 4.78 is 15.0. The van der Waals surface area contributed by atoms with Crippen LogP contribution in [0.25, 0.3) is 0 Å². The zero-order chi connectivity index (χ0) is 16.3. The summed E-state index contributed by atoms with van der Waals surface area (Å²) in [5.41, 5.74) is 0.285. The Bertz CT molecular complexity index is 727. The van der Waals surface area contributed by atoms with Crippen molar-refractivity contribution in [3.05, 3.63) is 45.2 Å². The Morgan fingerprint density at radius 1 is 1.27 bits per heavy atom. The van der Waals surface area contributed by atoms with Crippen molar-refractivity contribution < 1.29 is 23.6 Å². The maximum absolute atomic E-state index is 12.0. The van der Waals surface area contributed by atoms with Crippen LogP contribution in [0.3, 0.4) is 0 Å². The first kappa shape index (κ1) is 15.6. The molecule has 0 fully saturated rings. The molecule has 22 heavy (non-hydrogen) atoms. The number of furan rings is 1. The van der Waals surface area contributed by atoms with Gasteiger partial charge in [0, 0.05) is 12.1 Å². The Kier molecular flexibility index (Phi) is 4.52. The van der Waals surface area contributed by atoms with E-state index in [0.29, 0.717) is 16.5 Å². The van der Waals surface area contributed by atoms with Crippen LogP contribution in [-0.4, -0.2) is 25.1 Å². The minimum absolute atomic E-state index is 0.206. The summed E-state index contributed by atoms with van der Waals surface area (Å²) >= 11 is 5.96. The molecule has 0 atom stereocenters. The third kappa shape index (κ3) is 3.12. The van der Waals surface area contributed by atoms with Crippen molar-refractivity contribution in [1.82, 2.24) is 0 Å². The summed E-state index contributed by atoms with van der Waals surface area (Å²) in [6.07, 6.45) is 0. The van der Waals surface area contributed by atoms with Crippen molar-refractivity contribution in [2.24, 2.45) is 0 Å². The highest BCUT2D eigenvalue weighted by Crippen LogP contribution is 2.36. The second-order valence-electron chi connectivity index (χ2n) is 4.04. The van der Waals surface area contributed by atoms with E-state index in [1.54, 1.807) is 0 Å². The average molecular weight is 327 g/mol. The molecule has 1 N–H and O–H groups in total. The molecule has 2 aromatic rings. The number of nitro groups is 1. The lowest BCUT2D eigenvalue weighted by molar-refractivity contribution is -0.402. The van der Waals surface area contributed by atoms with Crippen LogP contribution in [0.5, 0.6) is 11.5 Å². The quantitative estimate of drug-likeness (QED) is 0.668. The molecule has 1 heterocycles. The van der Waals surface area contributed by atoms with Crippen molar-refractivity contribution in [2.75, 3.05) is 19.5 Å². The average Bonchev–Trinajstić information content (AvgIpc) is 2.98. The maximum Gasteiger partial charge on any atom is 0.433 e. The molecule has 0 unspecified atom stereocenters. The highest BCUT2D eigenvalue weighted by atomic mass is 35.5. The number of methoxy groups -OCH3 is 2. The van der Waals surface area contributed by atoms with Crippen LogP contribution in [0.1, 0.15) is 10.6 Å². The van der Waals surface area contributed by atoms with Gasteiger partial charge in [-0.3, -0.25) is 14.9 Å². The SMILES string of the molecule is COc1cc(NC(=O)c2ccc([N+](=O)[O-])o2)c(OC)cc1Cl. The molecule has 9 heteroatoms. The number of hydrogen-bond acceptors (Lipinski definition) is 6. The molecule has 0 spiro atoms. The third-order valence-corrected chi connectivity index (χ3v) is 3.01. The molecule has 1 aromatic heterocycles. The third-order valence-electron chi connectivity index (χ3n) is 2.72. The molecule has 0 aliphatic carbocycles. The van der Waals surface area contributed by atoms with Gasteiger partial charge in [-0.2, -0.15) is 0 Å². The minimum atomic E-state index is -0.733. The molecule has 1 aromatic carbocycles. The van der Waals surface area contributed by atoms with Gasteiger partial charge < -0.3 is 19.2 Å². The monoisotopic (exact) mass is 326 g/mol. The Labute approximate surface area is 129 Å². The van der Waals surface area contributed by atoms with E-state index in [0.717, 1.165) is 6.07 Å². The predicted molar refractivity (Wildman–Crippen MR) is 77.9 cm³/mol. The Morgan fingerprint density at radius 2 is 1.95 bits per heavy atom. The van der Waals surface area contributed by atoms with Crippen LogP contribution in [0.15, 0.2) is 28.7 Å². The molecule has 8 nitrogen and oxygen atoms in total. The summed E-state index contributed by atoms with van der Waals surface area (Å²) in [6, 6.07) is 5.23. The Hall–Kier alpha value is -2.74. The zero-order valence-electron chi connectivity index (χ0n) is 11.6. The van der Waals surface area contributed by atoms with E-state index < -0.39 is 16.7 Å². The fourth-order valence-electron chi connectivity index (χ4n) is 1.69. The largest absolute Gasteiger partial charge is 0.495 e. The number of hydrogen-bond donors (Lipinski definition) is 1. The number of nitrogens with one attached hydrogen (secondary N) is 1. The van der Waals surface area contributed by atoms with Crippen molar-refractivity contribution in [2.45, 2.75) is 0 Å². The van der Waals surface area contributed by atoms with Gasteiger partial charge in [0.05, 0.1) is 31.0 Å². The molecule has 0 saturated carbocycles. The van der Waals surface area contributed by atoms with Crippen LogP contribution in [-0.2, 0) is 0 Å². The van der Waals surface area contributed by atoms with E-state index in [1.807, 2.05) is 0 Å². The number of carbonyl (C=O) groups excluding carboxylic acids is 1. The summed E-state index contributed by atoms with van der Waals surface area (Å²) in [4.78, 5) is 21.9. The van der Waals surface area contributed by atoms with Gasteiger partial charge in [-0.25, -0.2) is 0 Å². The van der Waals surface area contributed by atoms with E-state index in [9.17, 15) is 14.9 Å². The topological polar surface area (TPSA) is 104 Å².